The highest BCUT2D eigenvalue weighted by molar-refractivity contribution is 6.61. The van der Waals surface area contributed by atoms with Crippen molar-refractivity contribution in [2.24, 2.45) is 0 Å². The molecule has 0 aliphatic carbocycles. The van der Waals surface area contributed by atoms with E-state index >= 15 is 0 Å². The van der Waals surface area contributed by atoms with Gasteiger partial charge in [-0.15, -0.1) is 5.10 Å². The van der Waals surface area contributed by atoms with Gasteiger partial charge in [-0.2, -0.15) is 0 Å². The third-order valence-corrected chi connectivity index (χ3v) is 6.91. The van der Waals surface area contributed by atoms with Crippen LogP contribution in [0, 0.1) is 0 Å². The minimum Gasteiger partial charge on any atom is -0.398 e. The van der Waals surface area contributed by atoms with E-state index in [1.807, 2.05) is 22.8 Å². The van der Waals surface area contributed by atoms with Gasteiger partial charge in [0.2, 0.25) is 5.95 Å². The number of likely N-dealkylation sites (N-methyl/N-ethyl adjacent to an activating group) is 1. The topological polar surface area (TPSA) is 67.2 Å². The largest absolute Gasteiger partial charge is 0.514 e. The number of fused-ring (bicyclic) bond motifs is 1. The Morgan fingerprint density at radius 2 is 1.56 bits per heavy atom. The van der Waals surface area contributed by atoms with Gasteiger partial charge in [-0.1, -0.05) is 0 Å². The summed E-state index contributed by atoms with van der Waals surface area (Å²) < 4.78 is 14.3. The Morgan fingerprint density at radius 3 is 2.22 bits per heavy atom. The predicted molar refractivity (Wildman–Crippen MR) is 128 cm³/mol. The number of anilines is 3. The third-order valence-electron chi connectivity index (χ3n) is 6.91. The quantitative estimate of drug-likeness (QED) is 0.633. The van der Waals surface area contributed by atoms with E-state index in [2.05, 4.69) is 79.1 Å². The fourth-order valence-corrected chi connectivity index (χ4v) is 4.07. The van der Waals surface area contributed by atoms with Crippen LogP contribution in [0.5, 0.6) is 0 Å². The van der Waals surface area contributed by atoms with Crippen LogP contribution >= 0.6 is 0 Å². The lowest BCUT2D eigenvalue weighted by atomic mass is 9.85. The molecule has 1 aromatic carbocycles. The molecular formula is C23H31BN6O2. The number of aromatic nitrogens is 3. The summed E-state index contributed by atoms with van der Waals surface area (Å²) in [6.45, 7) is 12.5. The monoisotopic (exact) mass is 434 g/mol. The lowest BCUT2D eigenvalue weighted by molar-refractivity contribution is 0.00578. The van der Waals surface area contributed by atoms with E-state index in [0.717, 1.165) is 43.0 Å². The molecule has 0 saturated carbocycles. The predicted octanol–water partition coefficient (Wildman–Crippen LogP) is 2.52. The van der Waals surface area contributed by atoms with Crippen molar-refractivity contribution in [1.82, 2.24) is 19.5 Å². The number of nitrogens with one attached hydrogen (secondary N) is 1. The van der Waals surface area contributed by atoms with E-state index in [4.69, 9.17) is 14.4 Å². The SMILES string of the molecule is CN1CCN(c2ccc(Nc3ncc4ccc(B5OC(C)(C)C(C)(C)O5)n4n3)cc2)CC1. The van der Waals surface area contributed by atoms with Crippen LogP contribution < -0.4 is 15.8 Å². The van der Waals surface area contributed by atoms with Crippen molar-refractivity contribution in [2.45, 2.75) is 38.9 Å². The van der Waals surface area contributed by atoms with E-state index in [9.17, 15) is 0 Å². The van der Waals surface area contributed by atoms with Crippen molar-refractivity contribution in [3.8, 4) is 0 Å². The molecule has 2 aliphatic rings. The molecule has 8 nitrogen and oxygen atoms in total. The summed E-state index contributed by atoms with van der Waals surface area (Å²) in [5, 5.41) is 8.03. The second kappa shape index (κ2) is 7.76. The van der Waals surface area contributed by atoms with Gasteiger partial charge in [-0.25, -0.2) is 9.50 Å². The molecule has 9 heteroatoms. The van der Waals surface area contributed by atoms with Gasteiger partial charge in [0.15, 0.2) is 0 Å². The minimum atomic E-state index is -0.479. The number of hydrogen-bond donors (Lipinski definition) is 1. The second-order valence-electron chi connectivity index (χ2n) is 9.73. The molecule has 2 saturated heterocycles. The Balaban J connectivity index is 1.34. The van der Waals surface area contributed by atoms with Crippen LogP contribution in [0.1, 0.15) is 27.7 Å². The summed E-state index contributed by atoms with van der Waals surface area (Å²) in [6, 6.07) is 12.4. The van der Waals surface area contributed by atoms with Gasteiger partial charge in [0, 0.05) is 37.6 Å². The zero-order chi connectivity index (χ0) is 22.5. The number of benzene rings is 1. The van der Waals surface area contributed by atoms with Crippen LogP contribution in [-0.2, 0) is 9.31 Å². The Kier molecular flexibility index (Phi) is 5.15. The van der Waals surface area contributed by atoms with E-state index in [1.54, 1.807) is 0 Å². The summed E-state index contributed by atoms with van der Waals surface area (Å²) >= 11 is 0. The standard InChI is InChI=1S/C23H31BN6O2/c1-22(2)23(3,4)32-24(31-22)20-11-10-19-16-25-21(27-30(19)20)26-17-6-8-18(9-7-17)29-14-12-28(5)13-15-29/h6-11,16H,12-15H2,1-5H3,(H,26,27). The van der Waals surface area contributed by atoms with E-state index in [1.165, 1.54) is 5.69 Å². The van der Waals surface area contributed by atoms with Crippen LogP contribution in [0.25, 0.3) is 5.52 Å². The third kappa shape index (κ3) is 3.85. The molecule has 0 spiro atoms. The van der Waals surface area contributed by atoms with Gasteiger partial charge < -0.3 is 24.4 Å². The van der Waals surface area contributed by atoms with Gasteiger partial charge in [-0.05, 0) is 71.1 Å². The van der Waals surface area contributed by atoms with E-state index < -0.39 is 18.3 Å². The fraction of sp³-hybridized carbons (Fsp3) is 0.478. The minimum absolute atomic E-state index is 0.401. The number of piperazine rings is 1. The van der Waals surface area contributed by atoms with Gasteiger partial charge >= 0.3 is 7.12 Å². The van der Waals surface area contributed by atoms with Gasteiger partial charge in [-0.3, -0.25) is 0 Å². The van der Waals surface area contributed by atoms with Crippen molar-refractivity contribution in [3.63, 3.8) is 0 Å². The highest BCUT2D eigenvalue weighted by Crippen LogP contribution is 2.36. The lowest BCUT2D eigenvalue weighted by Gasteiger charge is -2.34. The van der Waals surface area contributed by atoms with Crippen LogP contribution in [0.4, 0.5) is 17.3 Å². The Bertz CT molecular complexity index is 1090. The second-order valence-corrected chi connectivity index (χ2v) is 9.73. The molecule has 0 amide bonds. The van der Waals surface area contributed by atoms with E-state index in [-0.39, 0.29) is 0 Å². The smallest absolute Gasteiger partial charge is 0.398 e. The average Bonchev–Trinajstić information content (AvgIpc) is 3.26. The number of rotatable bonds is 4. The Morgan fingerprint density at radius 1 is 0.906 bits per heavy atom. The lowest BCUT2D eigenvalue weighted by Crippen LogP contribution is -2.44. The molecule has 4 heterocycles. The maximum Gasteiger partial charge on any atom is 0.514 e. The van der Waals surface area contributed by atoms with Crippen LogP contribution in [0.3, 0.4) is 0 Å². The van der Waals surface area contributed by atoms with Crippen molar-refractivity contribution in [2.75, 3.05) is 43.4 Å². The fourth-order valence-electron chi connectivity index (χ4n) is 4.07. The van der Waals surface area contributed by atoms with Gasteiger partial charge in [0.05, 0.1) is 28.5 Å². The van der Waals surface area contributed by atoms with E-state index in [0.29, 0.717) is 5.95 Å². The van der Waals surface area contributed by atoms with Crippen molar-refractivity contribution in [3.05, 3.63) is 42.6 Å². The first kappa shape index (κ1) is 21.2. The zero-order valence-corrected chi connectivity index (χ0v) is 19.5. The molecule has 0 atom stereocenters. The van der Waals surface area contributed by atoms with Gasteiger partial charge in [0.25, 0.3) is 0 Å². The van der Waals surface area contributed by atoms with Gasteiger partial charge in [0.1, 0.15) is 0 Å². The van der Waals surface area contributed by atoms with Crippen molar-refractivity contribution >= 4 is 35.6 Å². The highest BCUT2D eigenvalue weighted by Gasteiger charge is 2.52. The first-order valence-electron chi connectivity index (χ1n) is 11.2. The summed E-state index contributed by atoms with van der Waals surface area (Å²) in [4.78, 5) is 9.26. The first-order valence-corrected chi connectivity index (χ1v) is 11.2. The average molecular weight is 434 g/mol. The molecule has 1 N–H and O–H groups in total. The molecule has 32 heavy (non-hydrogen) atoms. The Labute approximate surface area is 189 Å². The molecular weight excluding hydrogens is 403 g/mol. The van der Waals surface area contributed by atoms with Crippen LogP contribution in [0.15, 0.2) is 42.6 Å². The van der Waals surface area contributed by atoms with Crippen LogP contribution in [-0.4, -0.2) is 71.0 Å². The summed E-state index contributed by atoms with van der Waals surface area (Å²) in [5.74, 6) is 0.527. The molecule has 2 fully saturated rings. The maximum absolute atomic E-state index is 6.22. The summed E-state index contributed by atoms with van der Waals surface area (Å²) in [5.41, 5.74) is 3.14. The zero-order valence-electron chi connectivity index (χ0n) is 19.5. The molecule has 2 aromatic heterocycles. The molecule has 2 aliphatic heterocycles. The molecule has 5 rings (SSSR count). The number of nitrogens with zero attached hydrogens (tertiary/aromatic N) is 5. The maximum atomic E-state index is 6.22. The number of hydrogen-bond acceptors (Lipinski definition) is 7. The molecule has 0 bridgehead atoms. The highest BCUT2D eigenvalue weighted by atomic mass is 16.7. The van der Waals surface area contributed by atoms with Crippen molar-refractivity contribution < 1.29 is 9.31 Å². The molecule has 0 unspecified atom stereocenters. The summed E-state index contributed by atoms with van der Waals surface area (Å²) in [7, 11) is 1.69. The molecule has 0 radical (unpaired) electrons. The molecule has 168 valence electrons. The van der Waals surface area contributed by atoms with Crippen LogP contribution in [0.2, 0.25) is 0 Å². The Hall–Kier alpha value is -2.62. The van der Waals surface area contributed by atoms with Crippen molar-refractivity contribution in [1.29, 1.82) is 0 Å². The normalized spacial score (nSPS) is 20.8. The summed E-state index contributed by atoms with van der Waals surface area (Å²) in [6.07, 6.45) is 1.81. The molecule has 3 aromatic rings. The first-order chi connectivity index (χ1) is 15.2.